The van der Waals surface area contributed by atoms with Crippen molar-refractivity contribution in [1.82, 2.24) is 0 Å². The number of benzene rings is 1. The number of hydrogen-bond acceptors (Lipinski definition) is 2. The lowest BCUT2D eigenvalue weighted by atomic mass is 10.0. The van der Waals surface area contributed by atoms with E-state index >= 15 is 0 Å². The van der Waals surface area contributed by atoms with Crippen LogP contribution in [0.5, 0.6) is 0 Å². The molecule has 2 nitrogen and oxygen atoms in total. The molecule has 0 amide bonds. The molecule has 15 heavy (non-hydrogen) atoms. The monoisotopic (exact) mass is 204 g/mol. The second kappa shape index (κ2) is 4.13. The first-order chi connectivity index (χ1) is 7.18. The summed E-state index contributed by atoms with van der Waals surface area (Å²) in [7, 11) is 0. The molecule has 0 spiro atoms. The standard InChI is InChI=1S/C13H20N2/c1-10-8-12(14)13(9-11(10)2)15-6-4-3-5-7-15/h8-9H,3-7,14H2,1-2H3. The van der Waals surface area contributed by atoms with E-state index < -0.39 is 0 Å². The molecule has 2 rings (SSSR count). The zero-order chi connectivity index (χ0) is 10.8. The fraction of sp³-hybridized carbons (Fsp3) is 0.538. The van der Waals surface area contributed by atoms with E-state index in [-0.39, 0.29) is 0 Å². The number of anilines is 2. The van der Waals surface area contributed by atoms with E-state index in [0.29, 0.717) is 0 Å². The van der Waals surface area contributed by atoms with E-state index in [0.717, 1.165) is 18.8 Å². The third kappa shape index (κ3) is 2.09. The first-order valence-corrected chi connectivity index (χ1v) is 5.80. The van der Waals surface area contributed by atoms with Crippen molar-refractivity contribution in [3.8, 4) is 0 Å². The van der Waals surface area contributed by atoms with Crippen molar-refractivity contribution in [2.75, 3.05) is 23.7 Å². The zero-order valence-electron chi connectivity index (χ0n) is 9.71. The van der Waals surface area contributed by atoms with E-state index in [2.05, 4.69) is 30.9 Å². The summed E-state index contributed by atoms with van der Waals surface area (Å²) in [5, 5.41) is 0. The molecule has 1 aliphatic rings. The Labute approximate surface area is 92.1 Å². The highest BCUT2D eigenvalue weighted by Gasteiger charge is 2.13. The van der Waals surface area contributed by atoms with Gasteiger partial charge in [-0.05, 0) is 56.4 Å². The maximum atomic E-state index is 6.08. The lowest BCUT2D eigenvalue weighted by molar-refractivity contribution is 0.578. The molecule has 1 aromatic rings. The van der Waals surface area contributed by atoms with Crippen LogP contribution in [0, 0.1) is 13.8 Å². The summed E-state index contributed by atoms with van der Waals surface area (Å²) in [6, 6.07) is 4.33. The van der Waals surface area contributed by atoms with Crippen LogP contribution in [-0.2, 0) is 0 Å². The largest absolute Gasteiger partial charge is 0.397 e. The Morgan fingerprint density at radius 2 is 1.60 bits per heavy atom. The van der Waals surface area contributed by atoms with Crippen LogP contribution in [-0.4, -0.2) is 13.1 Å². The zero-order valence-corrected chi connectivity index (χ0v) is 9.71. The molecule has 0 saturated carbocycles. The van der Waals surface area contributed by atoms with Gasteiger partial charge in [0.05, 0.1) is 11.4 Å². The number of nitrogens with zero attached hydrogens (tertiary/aromatic N) is 1. The number of piperidine rings is 1. The van der Waals surface area contributed by atoms with Gasteiger partial charge in [-0.15, -0.1) is 0 Å². The van der Waals surface area contributed by atoms with E-state index in [1.54, 1.807) is 0 Å². The lowest BCUT2D eigenvalue weighted by Gasteiger charge is -2.30. The summed E-state index contributed by atoms with van der Waals surface area (Å²) in [6.07, 6.45) is 3.96. The van der Waals surface area contributed by atoms with Crippen LogP contribution in [0.25, 0.3) is 0 Å². The van der Waals surface area contributed by atoms with Gasteiger partial charge in [-0.3, -0.25) is 0 Å². The Morgan fingerprint density at radius 3 is 2.27 bits per heavy atom. The molecule has 1 aliphatic heterocycles. The van der Waals surface area contributed by atoms with E-state index in [1.165, 1.54) is 36.1 Å². The molecular weight excluding hydrogens is 184 g/mol. The highest BCUT2D eigenvalue weighted by molar-refractivity contribution is 5.70. The van der Waals surface area contributed by atoms with Crippen molar-refractivity contribution in [2.24, 2.45) is 0 Å². The Balaban J connectivity index is 2.30. The SMILES string of the molecule is Cc1cc(N)c(N2CCCCC2)cc1C. The van der Waals surface area contributed by atoms with Gasteiger partial charge in [-0.1, -0.05) is 0 Å². The molecule has 2 heteroatoms. The molecule has 1 heterocycles. The Bertz CT molecular complexity index is 352. The lowest BCUT2D eigenvalue weighted by Crippen LogP contribution is -2.30. The summed E-state index contributed by atoms with van der Waals surface area (Å²) < 4.78 is 0. The first-order valence-electron chi connectivity index (χ1n) is 5.80. The smallest absolute Gasteiger partial charge is 0.0602 e. The summed E-state index contributed by atoms with van der Waals surface area (Å²) in [4.78, 5) is 2.42. The second-order valence-electron chi connectivity index (χ2n) is 4.54. The second-order valence-corrected chi connectivity index (χ2v) is 4.54. The van der Waals surface area contributed by atoms with Crippen molar-refractivity contribution in [3.63, 3.8) is 0 Å². The average Bonchev–Trinajstić information content (AvgIpc) is 2.25. The van der Waals surface area contributed by atoms with Crippen LogP contribution in [0.2, 0.25) is 0 Å². The van der Waals surface area contributed by atoms with Gasteiger partial charge in [0, 0.05) is 13.1 Å². The maximum Gasteiger partial charge on any atom is 0.0602 e. The number of aryl methyl sites for hydroxylation is 2. The maximum absolute atomic E-state index is 6.08. The minimum absolute atomic E-state index is 0.931. The van der Waals surface area contributed by atoms with Crippen molar-refractivity contribution in [2.45, 2.75) is 33.1 Å². The molecule has 1 saturated heterocycles. The minimum atomic E-state index is 0.931. The Kier molecular flexibility index (Phi) is 2.85. The molecule has 0 bridgehead atoms. The summed E-state index contributed by atoms with van der Waals surface area (Å²) >= 11 is 0. The third-order valence-electron chi connectivity index (χ3n) is 3.34. The molecular formula is C13H20N2. The first kappa shape index (κ1) is 10.3. The average molecular weight is 204 g/mol. The van der Waals surface area contributed by atoms with Gasteiger partial charge in [-0.25, -0.2) is 0 Å². The van der Waals surface area contributed by atoms with Crippen molar-refractivity contribution in [1.29, 1.82) is 0 Å². The quantitative estimate of drug-likeness (QED) is 0.713. The van der Waals surface area contributed by atoms with Crippen LogP contribution >= 0.6 is 0 Å². The highest BCUT2D eigenvalue weighted by Crippen LogP contribution is 2.28. The number of nitrogen functional groups attached to an aromatic ring is 1. The van der Waals surface area contributed by atoms with Gasteiger partial charge in [-0.2, -0.15) is 0 Å². The molecule has 0 radical (unpaired) electrons. The van der Waals surface area contributed by atoms with Gasteiger partial charge in [0.25, 0.3) is 0 Å². The predicted molar refractivity (Wildman–Crippen MR) is 66.4 cm³/mol. The molecule has 0 unspecified atom stereocenters. The summed E-state index contributed by atoms with van der Waals surface area (Å²) in [6.45, 7) is 6.59. The van der Waals surface area contributed by atoms with Gasteiger partial charge >= 0.3 is 0 Å². The molecule has 1 fully saturated rings. The molecule has 2 N–H and O–H groups in total. The Morgan fingerprint density at radius 1 is 1.00 bits per heavy atom. The van der Waals surface area contributed by atoms with Crippen LogP contribution in [0.3, 0.4) is 0 Å². The van der Waals surface area contributed by atoms with Gasteiger partial charge < -0.3 is 10.6 Å². The van der Waals surface area contributed by atoms with E-state index in [1.807, 2.05) is 0 Å². The number of rotatable bonds is 1. The van der Waals surface area contributed by atoms with Crippen LogP contribution < -0.4 is 10.6 Å². The highest BCUT2D eigenvalue weighted by atomic mass is 15.1. The third-order valence-corrected chi connectivity index (χ3v) is 3.34. The molecule has 82 valence electrons. The van der Waals surface area contributed by atoms with Crippen molar-refractivity contribution >= 4 is 11.4 Å². The van der Waals surface area contributed by atoms with Crippen molar-refractivity contribution in [3.05, 3.63) is 23.3 Å². The number of hydrogen-bond donors (Lipinski definition) is 1. The summed E-state index contributed by atoms with van der Waals surface area (Å²) in [5.74, 6) is 0. The van der Waals surface area contributed by atoms with Gasteiger partial charge in [0.1, 0.15) is 0 Å². The minimum Gasteiger partial charge on any atom is -0.397 e. The fourth-order valence-corrected chi connectivity index (χ4v) is 2.23. The van der Waals surface area contributed by atoms with Gasteiger partial charge in [0.15, 0.2) is 0 Å². The number of nitrogens with two attached hydrogens (primary N) is 1. The van der Waals surface area contributed by atoms with E-state index in [9.17, 15) is 0 Å². The molecule has 0 atom stereocenters. The fourth-order valence-electron chi connectivity index (χ4n) is 2.23. The van der Waals surface area contributed by atoms with Crippen LogP contribution in [0.4, 0.5) is 11.4 Å². The van der Waals surface area contributed by atoms with Crippen LogP contribution in [0.1, 0.15) is 30.4 Å². The Hall–Kier alpha value is -1.18. The normalized spacial score (nSPS) is 16.8. The van der Waals surface area contributed by atoms with Gasteiger partial charge in [0.2, 0.25) is 0 Å². The van der Waals surface area contributed by atoms with E-state index in [4.69, 9.17) is 5.73 Å². The predicted octanol–water partition coefficient (Wildman–Crippen LogP) is 2.88. The topological polar surface area (TPSA) is 29.3 Å². The van der Waals surface area contributed by atoms with Crippen molar-refractivity contribution < 1.29 is 0 Å². The summed E-state index contributed by atoms with van der Waals surface area (Å²) in [5.41, 5.74) is 10.9. The molecule has 0 aliphatic carbocycles. The molecule has 1 aromatic carbocycles. The van der Waals surface area contributed by atoms with Crippen LogP contribution in [0.15, 0.2) is 12.1 Å². The molecule has 0 aromatic heterocycles.